The van der Waals surface area contributed by atoms with Crippen molar-refractivity contribution >= 4 is 11.7 Å². The Labute approximate surface area is 149 Å². The molecule has 0 aromatic heterocycles. The minimum Gasteiger partial charge on any atom is -0.447 e. The molecule has 0 amide bonds. The zero-order chi connectivity index (χ0) is 18.2. The zero-order valence-corrected chi connectivity index (χ0v) is 13.8. The molecule has 1 saturated carbocycles. The maximum Gasteiger partial charge on any atom is 0.218 e. The highest BCUT2D eigenvalue weighted by molar-refractivity contribution is 6.12. The maximum absolute atomic E-state index is 13.9. The van der Waals surface area contributed by atoms with Crippen molar-refractivity contribution in [3.05, 3.63) is 35.6 Å². The Kier molecular flexibility index (Phi) is 2.79. The molecular weight excluding hydrogens is 335 g/mol. The predicted molar refractivity (Wildman–Crippen MR) is 87.3 cm³/mol. The Morgan fingerprint density at radius 2 is 2.04 bits per heavy atom. The molecule has 1 N–H and O–H groups in total. The van der Waals surface area contributed by atoms with Gasteiger partial charge in [0, 0.05) is 6.42 Å². The predicted octanol–water partition coefficient (Wildman–Crippen LogP) is 3.22. The molecule has 1 aromatic rings. The van der Waals surface area contributed by atoms with Gasteiger partial charge in [-0.05, 0) is 30.5 Å². The third-order valence-corrected chi connectivity index (χ3v) is 6.35. The lowest BCUT2D eigenvalue weighted by molar-refractivity contribution is -0.355. The second kappa shape index (κ2) is 4.69. The summed E-state index contributed by atoms with van der Waals surface area (Å²) in [6.07, 6.45) is 2.00. The van der Waals surface area contributed by atoms with Crippen molar-refractivity contribution in [2.45, 2.75) is 37.6 Å². The topological polar surface area (TPSA) is 102 Å². The molecule has 0 unspecified atom stereocenters. The molecule has 1 spiro atoms. The summed E-state index contributed by atoms with van der Waals surface area (Å²) in [5.41, 5.74) is -2.55. The highest BCUT2D eigenvalue weighted by atomic mass is 19.1. The van der Waals surface area contributed by atoms with Crippen LogP contribution in [0.15, 0.2) is 29.3 Å². The van der Waals surface area contributed by atoms with E-state index in [9.17, 15) is 14.9 Å². The third kappa shape index (κ3) is 1.42. The third-order valence-electron chi connectivity index (χ3n) is 6.35. The molecule has 5 aliphatic rings. The molecule has 5 atom stereocenters. The molecule has 3 saturated heterocycles. The molecule has 26 heavy (non-hydrogen) atoms. The number of aliphatic imine (C=N–C) groups is 1. The molecule has 1 aliphatic carbocycles. The fourth-order valence-electron chi connectivity index (χ4n) is 5.30. The minimum atomic E-state index is -1.57. The summed E-state index contributed by atoms with van der Waals surface area (Å²) in [4.78, 5) is 4.20. The van der Waals surface area contributed by atoms with Crippen LogP contribution < -0.4 is 0 Å². The molecule has 6 rings (SSSR count). The smallest absolute Gasteiger partial charge is 0.218 e. The van der Waals surface area contributed by atoms with Gasteiger partial charge >= 0.3 is 0 Å². The molecule has 4 fully saturated rings. The molecule has 4 bridgehead atoms. The van der Waals surface area contributed by atoms with E-state index in [2.05, 4.69) is 17.1 Å². The van der Waals surface area contributed by atoms with Gasteiger partial charge in [0.15, 0.2) is 10.8 Å². The van der Waals surface area contributed by atoms with Crippen molar-refractivity contribution in [2.24, 2.45) is 21.7 Å². The summed E-state index contributed by atoms with van der Waals surface area (Å²) >= 11 is 0. The van der Waals surface area contributed by atoms with Crippen LogP contribution in [-0.2, 0) is 9.47 Å². The van der Waals surface area contributed by atoms with E-state index < -0.39 is 34.5 Å². The summed E-state index contributed by atoms with van der Waals surface area (Å²) in [5, 5.41) is 28.9. The van der Waals surface area contributed by atoms with Crippen molar-refractivity contribution in [1.29, 1.82) is 15.9 Å². The van der Waals surface area contributed by atoms with Crippen molar-refractivity contribution < 1.29 is 13.9 Å². The monoisotopic (exact) mass is 350 g/mol. The summed E-state index contributed by atoms with van der Waals surface area (Å²) in [6, 6.07) is 10.3. The van der Waals surface area contributed by atoms with E-state index in [0.29, 0.717) is 18.4 Å². The van der Waals surface area contributed by atoms with E-state index in [4.69, 9.17) is 14.9 Å². The molecule has 4 heterocycles. The van der Waals surface area contributed by atoms with Crippen molar-refractivity contribution in [3.8, 4) is 12.1 Å². The molecule has 6 nitrogen and oxygen atoms in total. The van der Waals surface area contributed by atoms with Gasteiger partial charge in [-0.15, -0.1) is 0 Å². The number of fused-ring (bicyclic) bond motifs is 1. The minimum absolute atomic E-state index is 0.0743. The highest BCUT2D eigenvalue weighted by Gasteiger charge is 2.83. The molecule has 4 aliphatic heterocycles. The Morgan fingerprint density at radius 3 is 2.77 bits per heavy atom. The normalized spacial score (nSPS) is 42.3. The Balaban J connectivity index is 1.82. The number of ether oxygens (including phenoxy) is 2. The molecular formula is C19H15FN4O2. The van der Waals surface area contributed by atoms with Crippen LogP contribution in [0.3, 0.4) is 0 Å². The number of nitriles is 2. The van der Waals surface area contributed by atoms with Gasteiger partial charge in [-0.1, -0.05) is 18.6 Å². The number of amidine groups is 1. The Hall–Kier alpha value is -2.77. The summed E-state index contributed by atoms with van der Waals surface area (Å²) in [7, 11) is 0. The summed E-state index contributed by atoms with van der Waals surface area (Å²) in [6.45, 7) is 0. The number of benzene rings is 1. The average molecular weight is 350 g/mol. The Morgan fingerprint density at radius 1 is 1.23 bits per heavy atom. The number of nitrogens with zero attached hydrogens (tertiary/aromatic N) is 3. The van der Waals surface area contributed by atoms with Crippen LogP contribution >= 0.6 is 0 Å². The van der Waals surface area contributed by atoms with Crippen LogP contribution in [0.25, 0.3) is 0 Å². The first-order chi connectivity index (χ1) is 12.5. The molecule has 1 aromatic carbocycles. The van der Waals surface area contributed by atoms with E-state index in [1.807, 2.05) is 0 Å². The van der Waals surface area contributed by atoms with Crippen molar-refractivity contribution in [1.82, 2.24) is 0 Å². The molecule has 7 heteroatoms. The number of hydrogen-bond acceptors (Lipinski definition) is 5. The fourth-order valence-corrected chi connectivity index (χ4v) is 5.30. The van der Waals surface area contributed by atoms with Crippen LogP contribution in [0.1, 0.15) is 37.4 Å². The first-order valence-electron chi connectivity index (χ1n) is 8.67. The van der Waals surface area contributed by atoms with Gasteiger partial charge in [-0.3, -0.25) is 5.41 Å². The van der Waals surface area contributed by atoms with Gasteiger partial charge in [0.05, 0.1) is 18.1 Å². The van der Waals surface area contributed by atoms with Gasteiger partial charge in [0.25, 0.3) is 0 Å². The van der Waals surface area contributed by atoms with Gasteiger partial charge in [-0.25, -0.2) is 4.39 Å². The van der Waals surface area contributed by atoms with E-state index >= 15 is 0 Å². The zero-order valence-electron chi connectivity index (χ0n) is 13.8. The van der Waals surface area contributed by atoms with Crippen LogP contribution in [-0.4, -0.2) is 17.5 Å². The molecule has 130 valence electrons. The van der Waals surface area contributed by atoms with Crippen LogP contribution in [0.2, 0.25) is 0 Å². The maximum atomic E-state index is 13.9. The van der Waals surface area contributed by atoms with E-state index in [1.54, 1.807) is 12.1 Å². The van der Waals surface area contributed by atoms with E-state index in [1.165, 1.54) is 12.1 Å². The Bertz CT molecular complexity index is 963. The first kappa shape index (κ1) is 15.5. The summed E-state index contributed by atoms with van der Waals surface area (Å²) in [5.74, 6) is -2.05. The van der Waals surface area contributed by atoms with Crippen LogP contribution in [0, 0.1) is 50.6 Å². The van der Waals surface area contributed by atoms with Crippen molar-refractivity contribution in [3.63, 3.8) is 0 Å². The van der Waals surface area contributed by atoms with Gasteiger partial charge in [-0.2, -0.15) is 15.5 Å². The first-order valence-corrected chi connectivity index (χ1v) is 8.67. The second-order valence-corrected chi connectivity index (χ2v) is 7.37. The lowest BCUT2D eigenvalue weighted by atomic mass is 9.48. The van der Waals surface area contributed by atoms with Gasteiger partial charge < -0.3 is 9.47 Å². The fraction of sp³-hybridized carbons (Fsp3) is 0.474. The largest absolute Gasteiger partial charge is 0.447 e. The lowest BCUT2D eigenvalue weighted by Gasteiger charge is -2.63. The number of rotatable bonds is 1. The second-order valence-electron chi connectivity index (χ2n) is 7.37. The number of halogens is 1. The standard InChI is InChI=1S/C19H15FN4O2/c20-12-5-3-4-11(8-12)14-18(10-22)16-24-15(23)17(18,9-21)13-6-1-2-7-19(13,25-14)26-16/h3-5,8,13-14,23H,1-2,6-7H2/t13-,14+,17-,18+,19+/m0/s1. The van der Waals surface area contributed by atoms with Gasteiger partial charge in [0.1, 0.15) is 17.8 Å². The number of nitrogens with one attached hydrogen (secondary N) is 1. The number of hydrogen-bond donors (Lipinski definition) is 1. The lowest BCUT2D eigenvalue weighted by Crippen LogP contribution is -2.72. The van der Waals surface area contributed by atoms with Crippen LogP contribution in [0.5, 0.6) is 0 Å². The van der Waals surface area contributed by atoms with Crippen LogP contribution in [0.4, 0.5) is 4.39 Å². The van der Waals surface area contributed by atoms with Crippen molar-refractivity contribution in [2.75, 3.05) is 0 Å². The molecule has 0 radical (unpaired) electrons. The van der Waals surface area contributed by atoms with E-state index in [-0.39, 0.29) is 11.7 Å². The summed E-state index contributed by atoms with van der Waals surface area (Å²) < 4.78 is 26.3. The SMILES string of the molecule is N#C[C@@]12C3=NC(=N)[C@]1(C#N)[C@@H]1CCCC[C@]1(O3)O[C@@H]2c1cccc(F)c1. The van der Waals surface area contributed by atoms with Gasteiger partial charge in [0.2, 0.25) is 11.7 Å². The highest BCUT2D eigenvalue weighted by Crippen LogP contribution is 2.72. The quantitative estimate of drug-likeness (QED) is 0.840. The average Bonchev–Trinajstić information content (AvgIpc) is 2.84. The van der Waals surface area contributed by atoms with E-state index in [0.717, 1.165) is 12.8 Å².